The number of alkyl halides is 1. The summed E-state index contributed by atoms with van der Waals surface area (Å²) in [5.74, 6) is 0. The van der Waals surface area contributed by atoms with Gasteiger partial charge in [0.25, 0.3) is 0 Å². The molecule has 0 spiro atoms. The number of rotatable bonds is 4. The van der Waals surface area contributed by atoms with Gasteiger partial charge in [-0.3, -0.25) is 4.52 Å². The van der Waals surface area contributed by atoms with Gasteiger partial charge in [0.15, 0.2) is 0 Å². The van der Waals surface area contributed by atoms with Crippen LogP contribution in [0.15, 0.2) is 24.3 Å². The van der Waals surface area contributed by atoms with Crippen molar-refractivity contribution in [3.8, 4) is 0 Å². The Balaban J connectivity index is 2.56. The summed E-state index contributed by atoms with van der Waals surface area (Å²) in [5, 5.41) is 0.757. The van der Waals surface area contributed by atoms with Gasteiger partial charge >= 0.3 is 7.82 Å². The standard InChI is InChI=1S/C8H10BrO4P/c9-5-7-1-3-8(4-2-7)6-13-14(10,11)12/h1-4H,5-6H2,(H2,10,11,12). The number of hydrogen-bond acceptors (Lipinski definition) is 2. The molecule has 14 heavy (non-hydrogen) atoms. The van der Waals surface area contributed by atoms with Crippen LogP contribution in [-0.4, -0.2) is 9.79 Å². The first-order valence-electron chi connectivity index (χ1n) is 3.85. The van der Waals surface area contributed by atoms with Crippen LogP contribution in [0.4, 0.5) is 0 Å². The average Bonchev–Trinajstić information content (AvgIpc) is 2.14. The number of hydrogen-bond donors (Lipinski definition) is 2. The van der Waals surface area contributed by atoms with Crippen LogP contribution in [0.5, 0.6) is 0 Å². The molecule has 0 heterocycles. The molecule has 0 bridgehead atoms. The summed E-state index contributed by atoms with van der Waals surface area (Å²) in [6.07, 6.45) is 0. The van der Waals surface area contributed by atoms with Gasteiger partial charge < -0.3 is 9.79 Å². The van der Waals surface area contributed by atoms with E-state index >= 15 is 0 Å². The summed E-state index contributed by atoms with van der Waals surface area (Å²) in [5.41, 5.74) is 1.84. The highest BCUT2D eigenvalue weighted by Gasteiger charge is 2.13. The Morgan fingerprint density at radius 2 is 1.71 bits per heavy atom. The molecule has 1 aromatic carbocycles. The van der Waals surface area contributed by atoms with Gasteiger partial charge in [0.2, 0.25) is 0 Å². The van der Waals surface area contributed by atoms with Gasteiger partial charge in [-0.05, 0) is 11.1 Å². The predicted octanol–water partition coefficient (Wildman–Crippen LogP) is 2.19. The average molecular weight is 281 g/mol. The zero-order valence-corrected chi connectivity index (χ0v) is 9.74. The molecule has 0 radical (unpaired) electrons. The Morgan fingerprint density at radius 1 is 1.21 bits per heavy atom. The summed E-state index contributed by atoms with van der Waals surface area (Å²) in [7, 11) is -4.36. The molecular weight excluding hydrogens is 271 g/mol. The molecule has 0 saturated carbocycles. The van der Waals surface area contributed by atoms with Crippen molar-refractivity contribution in [2.45, 2.75) is 11.9 Å². The molecule has 0 aliphatic heterocycles. The van der Waals surface area contributed by atoms with E-state index in [9.17, 15) is 4.57 Å². The van der Waals surface area contributed by atoms with E-state index in [4.69, 9.17) is 9.79 Å². The zero-order valence-electron chi connectivity index (χ0n) is 7.26. The molecule has 6 heteroatoms. The third-order valence-corrected chi connectivity index (χ3v) is 2.69. The molecule has 4 nitrogen and oxygen atoms in total. The molecule has 0 atom stereocenters. The Labute approximate surface area is 90.3 Å². The van der Waals surface area contributed by atoms with Crippen LogP contribution in [0.3, 0.4) is 0 Å². The van der Waals surface area contributed by atoms with Gasteiger partial charge in [-0.1, -0.05) is 40.2 Å². The summed E-state index contributed by atoms with van der Waals surface area (Å²) in [4.78, 5) is 16.9. The smallest absolute Gasteiger partial charge is 0.303 e. The number of halogens is 1. The SMILES string of the molecule is O=P(O)(O)OCc1ccc(CBr)cc1. The molecule has 2 N–H and O–H groups in total. The van der Waals surface area contributed by atoms with Crippen molar-refractivity contribution in [3.63, 3.8) is 0 Å². The molecule has 1 rings (SSSR count). The van der Waals surface area contributed by atoms with Crippen molar-refractivity contribution in [1.82, 2.24) is 0 Å². The normalized spacial score (nSPS) is 11.6. The van der Waals surface area contributed by atoms with E-state index in [-0.39, 0.29) is 6.61 Å². The van der Waals surface area contributed by atoms with Crippen LogP contribution in [0.1, 0.15) is 11.1 Å². The minimum Gasteiger partial charge on any atom is -0.303 e. The van der Waals surface area contributed by atoms with E-state index in [0.717, 1.165) is 16.5 Å². The molecule has 0 fully saturated rings. The maximum atomic E-state index is 10.4. The second kappa shape index (κ2) is 5.05. The summed E-state index contributed by atoms with van der Waals surface area (Å²) in [6, 6.07) is 7.28. The number of benzene rings is 1. The lowest BCUT2D eigenvalue weighted by Crippen LogP contribution is -1.90. The Morgan fingerprint density at radius 3 is 2.14 bits per heavy atom. The maximum Gasteiger partial charge on any atom is 0.469 e. The fourth-order valence-electron chi connectivity index (χ4n) is 0.883. The van der Waals surface area contributed by atoms with Crippen LogP contribution < -0.4 is 0 Å². The van der Waals surface area contributed by atoms with E-state index in [0.29, 0.717) is 0 Å². The molecule has 0 aromatic heterocycles. The van der Waals surface area contributed by atoms with Gasteiger partial charge in [-0.2, -0.15) is 0 Å². The molecule has 78 valence electrons. The lowest BCUT2D eigenvalue weighted by Gasteiger charge is -2.05. The van der Waals surface area contributed by atoms with Crippen LogP contribution in [0, 0.1) is 0 Å². The lowest BCUT2D eigenvalue weighted by atomic mass is 10.2. The van der Waals surface area contributed by atoms with Gasteiger partial charge in [-0.15, -0.1) is 0 Å². The topological polar surface area (TPSA) is 66.8 Å². The first-order chi connectivity index (χ1) is 6.51. The fourth-order valence-corrected chi connectivity index (χ4v) is 1.57. The molecular formula is C8H10BrO4P. The van der Waals surface area contributed by atoms with E-state index in [1.54, 1.807) is 12.1 Å². The van der Waals surface area contributed by atoms with Crippen molar-refractivity contribution in [3.05, 3.63) is 35.4 Å². The highest BCUT2D eigenvalue weighted by Crippen LogP contribution is 2.36. The first-order valence-corrected chi connectivity index (χ1v) is 6.50. The molecule has 0 amide bonds. The summed E-state index contributed by atoms with van der Waals surface area (Å²) >= 11 is 3.30. The third kappa shape index (κ3) is 4.35. The summed E-state index contributed by atoms with van der Waals surface area (Å²) in [6.45, 7) is -0.0765. The first kappa shape index (κ1) is 11.9. The van der Waals surface area contributed by atoms with Gasteiger partial charge in [0.1, 0.15) is 0 Å². The lowest BCUT2D eigenvalue weighted by molar-refractivity contribution is 0.189. The van der Waals surface area contributed by atoms with Crippen LogP contribution in [-0.2, 0) is 21.0 Å². The van der Waals surface area contributed by atoms with Crippen molar-refractivity contribution in [2.75, 3.05) is 0 Å². The Hall–Kier alpha value is -0.190. The van der Waals surface area contributed by atoms with E-state index in [1.807, 2.05) is 12.1 Å². The van der Waals surface area contributed by atoms with Gasteiger partial charge in [0, 0.05) is 5.33 Å². The highest BCUT2D eigenvalue weighted by molar-refractivity contribution is 9.08. The molecule has 1 aromatic rings. The minimum atomic E-state index is -4.36. The van der Waals surface area contributed by atoms with Crippen molar-refractivity contribution >= 4 is 23.8 Å². The fraction of sp³-hybridized carbons (Fsp3) is 0.250. The second-order valence-electron chi connectivity index (χ2n) is 2.71. The number of phosphoric ester groups is 1. The monoisotopic (exact) mass is 280 g/mol. The third-order valence-electron chi connectivity index (χ3n) is 1.58. The number of phosphoric acid groups is 1. The Bertz CT molecular complexity index is 332. The zero-order chi connectivity index (χ0) is 10.6. The molecule has 0 aliphatic rings. The van der Waals surface area contributed by atoms with Crippen molar-refractivity contribution < 1.29 is 18.9 Å². The molecule has 0 unspecified atom stereocenters. The van der Waals surface area contributed by atoms with Crippen molar-refractivity contribution in [1.29, 1.82) is 0 Å². The van der Waals surface area contributed by atoms with E-state index in [2.05, 4.69) is 20.5 Å². The van der Waals surface area contributed by atoms with Crippen molar-refractivity contribution in [2.24, 2.45) is 0 Å². The highest BCUT2D eigenvalue weighted by atomic mass is 79.9. The summed E-state index contributed by atoms with van der Waals surface area (Å²) < 4.78 is 14.7. The van der Waals surface area contributed by atoms with Gasteiger partial charge in [-0.25, -0.2) is 4.57 Å². The Kier molecular flexibility index (Phi) is 4.29. The minimum absolute atomic E-state index is 0.0765. The largest absolute Gasteiger partial charge is 0.469 e. The second-order valence-corrected chi connectivity index (χ2v) is 4.51. The quantitative estimate of drug-likeness (QED) is 0.655. The van der Waals surface area contributed by atoms with Crippen LogP contribution >= 0.6 is 23.8 Å². The van der Waals surface area contributed by atoms with Crippen LogP contribution in [0.25, 0.3) is 0 Å². The van der Waals surface area contributed by atoms with E-state index in [1.165, 1.54) is 0 Å². The molecule has 0 aliphatic carbocycles. The van der Waals surface area contributed by atoms with E-state index < -0.39 is 7.82 Å². The van der Waals surface area contributed by atoms with Gasteiger partial charge in [0.05, 0.1) is 6.61 Å². The van der Waals surface area contributed by atoms with Crippen LogP contribution in [0.2, 0.25) is 0 Å². The predicted molar refractivity (Wildman–Crippen MR) is 55.9 cm³/mol. The molecule has 0 saturated heterocycles. The maximum absolute atomic E-state index is 10.4.